The summed E-state index contributed by atoms with van der Waals surface area (Å²) < 4.78 is 45.0. The maximum atomic E-state index is 12.8. The molecule has 0 saturated carbocycles. The first kappa shape index (κ1) is 15.2. The van der Waals surface area contributed by atoms with Crippen molar-refractivity contribution in [3.63, 3.8) is 0 Å². The van der Waals surface area contributed by atoms with Gasteiger partial charge in [0.1, 0.15) is 17.4 Å². The molecular weight excluding hydrogens is 325 g/mol. The predicted molar refractivity (Wildman–Crippen MR) is 80.2 cm³/mol. The van der Waals surface area contributed by atoms with Crippen LogP contribution in [0.1, 0.15) is 6.92 Å². The van der Waals surface area contributed by atoms with Crippen LogP contribution in [0.25, 0.3) is 0 Å². The average Bonchev–Trinajstić information content (AvgIpc) is 2.50. The number of halogens is 1. The van der Waals surface area contributed by atoms with Crippen molar-refractivity contribution in [2.75, 3.05) is 10.0 Å². The third-order valence-corrected chi connectivity index (χ3v) is 4.51. The molecule has 120 valence electrons. The number of nitrogens with one attached hydrogen (secondary N) is 2. The highest BCUT2D eigenvalue weighted by Gasteiger charge is 2.25. The summed E-state index contributed by atoms with van der Waals surface area (Å²) in [5, 5.41) is 2.57. The molecule has 1 aromatic heterocycles. The standard InChI is InChI=1S/C14H12FN3O4S/c1-8-14(19)17-11-6-10(3-4-12(11)22-8)23(20,21)18-13-5-2-9(15)7-16-13/h2-8H,1H3,(H,16,18)(H,17,19). The van der Waals surface area contributed by atoms with E-state index in [-0.39, 0.29) is 22.3 Å². The number of hydrogen-bond donors (Lipinski definition) is 2. The van der Waals surface area contributed by atoms with Crippen LogP contribution in [0, 0.1) is 5.82 Å². The maximum Gasteiger partial charge on any atom is 0.265 e. The molecule has 1 amide bonds. The van der Waals surface area contributed by atoms with Crippen LogP contribution in [-0.2, 0) is 14.8 Å². The first-order valence-electron chi connectivity index (χ1n) is 6.61. The zero-order chi connectivity index (χ0) is 16.6. The third-order valence-electron chi connectivity index (χ3n) is 3.16. The summed E-state index contributed by atoms with van der Waals surface area (Å²) in [5.41, 5.74) is 0.267. The van der Waals surface area contributed by atoms with Gasteiger partial charge in [-0.15, -0.1) is 0 Å². The Morgan fingerprint density at radius 2 is 2.09 bits per heavy atom. The van der Waals surface area contributed by atoms with Crippen LogP contribution in [0.3, 0.4) is 0 Å². The Morgan fingerprint density at radius 1 is 1.30 bits per heavy atom. The molecule has 0 radical (unpaired) electrons. The number of ether oxygens (including phenoxy) is 1. The highest BCUT2D eigenvalue weighted by molar-refractivity contribution is 7.92. The van der Waals surface area contributed by atoms with E-state index < -0.39 is 21.9 Å². The number of carbonyl (C=O) groups is 1. The molecule has 2 N–H and O–H groups in total. The van der Waals surface area contributed by atoms with Crippen molar-refractivity contribution in [2.24, 2.45) is 0 Å². The van der Waals surface area contributed by atoms with E-state index in [0.29, 0.717) is 5.75 Å². The number of fused-ring (bicyclic) bond motifs is 1. The van der Waals surface area contributed by atoms with Crippen molar-refractivity contribution in [3.8, 4) is 5.75 Å². The summed E-state index contributed by atoms with van der Waals surface area (Å²) in [6.45, 7) is 1.59. The van der Waals surface area contributed by atoms with Gasteiger partial charge < -0.3 is 10.1 Å². The number of hydrogen-bond acceptors (Lipinski definition) is 5. The fourth-order valence-electron chi connectivity index (χ4n) is 1.99. The smallest absolute Gasteiger partial charge is 0.265 e. The van der Waals surface area contributed by atoms with Crippen LogP contribution in [0.5, 0.6) is 5.75 Å². The Balaban J connectivity index is 1.90. The molecule has 0 aliphatic carbocycles. The zero-order valence-corrected chi connectivity index (χ0v) is 12.7. The van der Waals surface area contributed by atoms with E-state index in [1.54, 1.807) is 6.92 Å². The second kappa shape index (κ2) is 5.51. The average molecular weight is 337 g/mol. The first-order valence-corrected chi connectivity index (χ1v) is 8.09. The minimum absolute atomic E-state index is 0.0157. The Hall–Kier alpha value is -2.68. The fraction of sp³-hybridized carbons (Fsp3) is 0.143. The predicted octanol–water partition coefficient (Wildman–Crippen LogP) is 1.74. The summed E-state index contributed by atoms with van der Waals surface area (Å²) in [4.78, 5) is 15.2. The summed E-state index contributed by atoms with van der Waals surface area (Å²) in [6.07, 6.45) is 0.256. The van der Waals surface area contributed by atoms with Crippen molar-refractivity contribution in [2.45, 2.75) is 17.9 Å². The van der Waals surface area contributed by atoms with Gasteiger partial charge in [0, 0.05) is 0 Å². The van der Waals surface area contributed by atoms with Crippen molar-refractivity contribution < 1.29 is 22.3 Å². The lowest BCUT2D eigenvalue weighted by atomic mass is 10.2. The number of anilines is 2. The molecule has 1 atom stereocenters. The number of amides is 1. The molecule has 1 aliphatic heterocycles. The van der Waals surface area contributed by atoms with E-state index in [1.165, 1.54) is 24.3 Å². The molecule has 0 bridgehead atoms. The molecule has 0 spiro atoms. The van der Waals surface area contributed by atoms with E-state index in [9.17, 15) is 17.6 Å². The summed E-state index contributed by atoms with van der Waals surface area (Å²) in [6, 6.07) is 6.38. The molecule has 1 aromatic carbocycles. The van der Waals surface area contributed by atoms with Gasteiger partial charge >= 0.3 is 0 Å². The lowest BCUT2D eigenvalue weighted by Gasteiger charge is -2.23. The Kier molecular flexibility index (Phi) is 3.64. The van der Waals surface area contributed by atoms with Gasteiger partial charge in [-0.1, -0.05) is 0 Å². The number of carbonyl (C=O) groups excluding carboxylic acids is 1. The van der Waals surface area contributed by atoms with Gasteiger partial charge in [-0.3, -0.25) is 9.52 Å². The second-order valence-corrected chi connectivity index (χ2v) is 6.56. The summed E-state index contributed by atoms with van der Waals surface area (Å²) in [7, 11) is -3.93. The number of aromatic nitrogens is 1. The molecule has 23 heavy (non-hydrogen) atoms. The minimum atomic E-state index is -3.93. The van der Waals surface area contributed by atoms with E-state index in [2.05, 4.69) is 15.0 Å². The number of sulfonamides is 1. The highest BCUT2D eigenvalue weighted by atomic mass is 32.2. The van der Waals surface area contributed by atoms with Gasteiger partial charge in [-0.2, -0.15) is 0 Å². The lowest BCUT2D eigenvalue weighted by Crippen LogP contribution is -2.34. The van der Waals surface area contributed by atoms with E-state index in [0.717, 1.165) is 12.3 Å². The number of pyridine rings is 1. The third kappa shape index (κ3) is 3.09. The van der Waals surface area contributed by atoms with Gasteiger partial charge in [0.05, 0.1) is 16.8 Å². The fourth-order valence-corrected chi connectivity index (χ4v) is 3.02. The largest absolute Gasteiger partial charge is 0.479 e. The molecule has 2 aromatic rings. The normalized spacial score (nSPS) is 17.0. The molecule has 2 heterocycles. The molecule has 1 aliphatic rings. The number of rotatable bonds is 3. The monoisotopic (exact) mass is 337 g/mol. The molecular formula is C14H12FN3O4S. The molecule has 9 heteroatoms. The van der Waals surface area contributed by atoms with E-state index >= 15 is 0 Å². The SMILES string of the molecule is CC1Oc2ccc(S(=O)(=O)Nc3ccc(F)cn3)cc2NC1=O. The molecule has 0 saturated heterocycles. The Bertz CT molecular complexity index is 868. The van der Waals surface area contributed by atoms with Crippen molar-refractivity contribution in [1.29, 1.82) is 0 Å². The Morgan fingerprint density at radius 3 is 2.78 bits per heavy atom. The lowest BCUT2D eigenvalue weighted by molar-refractivity contribution is -0.122. The number of benzene rings is 1. The zero-order valence-electron chi connectivity index (χ0n) is 11.9. The van der Waals surface area contributed by atoms with Crippen molar-refractivity contribution in [1.82, 2.24) is 4.98 Å². The van der Waals surface area contributed by atoms with Gasteiger partial charge in [0.25, 0.3) is 15.9 Å². The van der Waals surface area contributed by atoms with Gasteiger partial charge in [0.2, 0.25) is 0 Å². The van der Waals surface area contributed by atoms with Crippen LogP contribution in [0.15, 0.2) is 41.4 Å². The Labute approximate surface area is 131 Å². The van der Waals surface area contributed by atoms with Gasteiger partial charge in [0.15, 0.2) is 6.10 Å². The summed E-state index contributed by atoms with van der Waals surface area (Å²) in [5.74, 6) is -0.565. The van der Waals surface area contributed by atoms with Gasteiger partial charge in [-0.25, -0.2) is 17.8 Å². The van der Waals surface area contributed by atoms with Crippen LogP contribution < -0.4 is 14.8 Å². The second-order valence-electron chi connectivity index (χ2n) is 4.87. The first-order chi connectivity index (χ1) is 10.8. The van der Waals surface area contributed by atoms with Crippen LogP contribution in [0.4, 0.5) is 15.9 Å². The molecule has 0 fully saturated rings. The quantitative estimate of drug-likeness (QED) is 0.889. The van der Waals surface area contributed by atoms with Crippen LogP contribution >= 0.6 is 0 Å². The molecule has 3 rings (SSSR count). The van der Waals surface area contributed by atoms with Crippen LogP contribution in [0.2, 0.25) is 0 Å². The van der Waals surface area contributed by atoms with E-state index in [1.807, 2.05) is 0 Å². The van der Waals surface area contributed by atoms with Crippen molar-refractivity contribution in [3.05, 3.63) is 42.3 Å². The van der Waals surface area contributed by atoms with Crippen molar-refractivity contribution >= 4 is 27.4 Å². The highest BCUT2D eigenvalue weighted by Crippen LogP contribution is 2.32. The number of nitrogens with zero attached hydrogens (tertiary/aromatic N) is 1. The van der Waals surface area contributed by atoms with Gasteiger partial charge in [-0.05, 0) is 37.3 Å². The summed E-state index contributed by atoms with van der Waals surface area (Å²) >= 11 is 0. The van der Waals surface area contributed by atoms with E-state index in [4.69, 9.17) is 4.74 Å². The molecule has 1 unspecified atom stereocenters. The maximum absolute atomic E-state index is 12.8. The van der Waals surface area contributed by atoms with Crippen LogP contribution in [-0.4, -0.2) is 25.4 Å². The topological polar surface area (TPSA) is 97.4 Å². The minimum Gasteiger partial charge on any atom is -0.479 e. The molecule has 7 nitrogen and oxygen atoms in total.